The molecule has 3 rings (SSSR count). The van der Waals surface area contributed by atoms with Crippen LogP contribution in [0.1, 0.15) is 37.4 Å². The SMILES string of the molecule is CN=C(NCc1cccnc1OCCOC)NC1CC(C)(C)Oc2ccccc21.I. The Morgan fingerprint density at radius 2 is 2.03 bits per heavy atom. The summed E-state index contributed by atoms with van der Waals surface area (Å²) in [5.41, 5.74) is 1.84. The van der Waals surface area contributed by atoms with Crippen molar-refractivity contribution in [3.63, 3.8) is 0 Å². The van der Waals surface area contributed by atoms with Gasteiger partial charge in [-0.15, -0.1) is 24.0 Å². The summed E-state index contributed by atoms with van der Waals surface area (Å²) in [5.74, 6) is 2.23. The lowest BCUT2D eigenvalue weighted by Crippen LogP contribution is -2.45. The number of aliphatic imine (C=N–C) groups is 1. The molecule has 164 valence electrons. The molecule has 1 atom stereocenters. The molecule has 0 fully saturated rings. The van der Waals surface area contributed by atoms with E-state index in [0.717, 1.165) is 23.3 Å². The second-order valence-electron chi connectivity index (χ2n) is 7.54. The van der Waals surface area contributed by atoms with Crippen molar-refractivity contribution in [3.8, 4) is 11.6 Å². The molecule has 0 bridgehead atoms. The summed E-state index contributed by atoms with van der Waals surface area (Å²) in [7, 11) is 3.42. The van der Waals surface area contributed by atoms with Gasteiger partial charge in [-0.2, -0.15) is 0 Å². The van der Waals surface area contributed by atoms with Crippen molar-refractivity contribution in [2.75, 3.05) is 27.4 Å². The number of halogens is 1. The smallest absolute Gasteiger partial charge is 0.218 e. The van der Waals surface area contributed by atoms with Crippen molar-refractivity contribution in [3.05, 3.63) is 53.7 Å². The molecule has 2 heterocycles. The first-order valence-corrected chi connectivity index (χ1v) is 9.83. The van der Waals surface area contributed by atoms with E-state index in [4.69, 9.17) is 14.2 Å². The quantitative estimate of drug-likeness (QED) is 0.248. The molecule has 0 aliphatic carbocycles. The summed E-state index contributed by atoms with van der Waals surface area (Å²) in [5, 5.41) is 6.91. The van der Waals surface area contributed by atoms with Crippen molar-refractivity contribution in [2.45, 2.75) is 38.5 Å². The number of hydrogen-bond acceptors (Lipinski definition) is 5. The number of ether oxygens (including phenoxy) is 3. The van der Waals surface area contributed by atoms with E-state index in [1.165, 1.54) is 0 Å². The minimum absolute atomic E-state index is 0. The van der Waals surface area contributed by atoms with E-state index in [0.29, 0.717) is 31.6 Å². The van der Waals surface area contributed by atoms with Gasteiger partial charge in [-0.25, -0.2) is 4.98 Å². The van der Waals surface area contributed by atoms with Gasteiger partial charge < -0.3 is 24.8 Å². The molecule has 2 N–H and O–H groups in total. The largest absolute Gasteiger partial charge is 0.487 e. The van der Waals surface area contributed by atoms with E-state index in [-0.39, 0.29) is 35.6 Å². The molecule has 0 saturated carbocycles. The first-order valence-electron chi connectivity index (χ1n) is 9.83. The van der Waals surface area contributed by atoms with Crippen LogP contribution in [-0.4, -0.2) is 43.9 Å². The van der Waals surface area contributed by atoms with Gasteiger partial charge in [0.25, 0.3) is 0 Å². The van der Waals surface area contributed by atoms with Crippen LogP contribution in [0.4, 0.5) is 0 Å². The normalized spacial score (nSPS) is 17.2. The molecule has 0 spiro atoms. The van der Waals surface area contributed by atoms with Crippen molar-refractivity contribution in [1.82, 2.24) is 15.6 Å². The topological polar surface area (TPSA) is 77.0 Å². The minimum atomic E-state index is -0.253. The Bertz CT molecular complexity index is 845. The molecular weight excluding hydrogens is 495 g/mol. The van der Waals surface area contributed by atoms with Crippen LogP contribution in [0.15, 0.2) is 47.6 Å². The highest BCUT2D eigenvalue weighted by atomic mass is 127. The molecule has 7 nitrogen and oxygen atoms in total. The van der Waals surface area contributed by atoms with Gasteiger partial charge in [0.2, 0.25) is 5.88 Å². The number of fused-ring (bicyclic) bond motifs is 1. The number of para-hydroxylation sites is 1. The summed E-state index contributed by atoms with van der Waals surface area (Å²) in [6.45, 7) is 5.73. The summed E-state index contributed by atoms with van der Waals surface area (Å²) in [6.07, 6.45) is 2.56. The maximum absolute atomic E-state index is 6.12. The molecule has 1 aliphatic heterocycles. The number of nitrogens with zero attached hydrogens (tertiary/aromatic N) is 2. The van der Waals surface area contributed by atoms with E-state index < -0.39 is 0 Å². The zero-order chi connectivity index (χ0) is 20.7. The maximum Gasteiger partial charge on any atom is 0.218 e. The molecular formula is C22H31IN4O3. The number of nitrogens with one attached hydrogen (secondary N) is 2. The third-order valence-corrected chi connectivity index (χ3v) is 4.73. The molecule has 0 radical (unpaired) electrons. The minimum Gasteiger partial charge on any atom is -0.487 e. The van der Waals surface area contributed by atoms with E-state index in [9.17, 15) is 0 Å². The van der Waals surface area contributed by atoms with Crippen LogP contribution in [0.5, 0.6) is 11.6 Å². The highest BCUT2D eigenvalue weighted by Gasteiger charge is 2.33. The number of benzene rings is 1. The fraction of sp³-hybridized carbons (Fsp3) is 0.455. The monoisotopic (exact) mass is 526 g/mol. The van der Waals surface area contributed by atoms with Gasteiger partial charge in [0, 0.05) is 44.4 Å². The number of aromatic nitrogens is 1. The van der Waals surface area contributed by atoms with Crippen molar-refractivity contribution in [1.29, 1.82) is 0 Å². The van der Waals surface area contributed by atoms with Gasteiger partial charge in [-0.3, -0.25) is 4.99 Å². The van der Waals surface area contributed by atoms with Gasteiger partial charge in [0.1, 0.15) is 18.0 Å². The summed E-state index contributed by atoms with van der Waals surface area (Å²) in [4.78, 5) is 8.72. The molecule has 1 aliphatic rings. The number of guanidine groups is 1. The van der Waals surface area contributed by atoms with Gasteiger partial charge >= 0.3 is 0 Å². The van der Waals surface area contributed by atoms with Gasteiger partial charge in [0.05, 0.1) is 12.6 Å². The van der Waals surface area contributed by atoms with Crippen LogP contribution in [0, 0.1) is 0 Å². The molecule has 8 heteroatoms. The summed E-state index contributed by atoms with van der Waals surface area (Å²) in [6, 6.07) is 12.1. The zero-order valence-corrected chi connectivity index (χ0v) is 20.3. The zero-order valence-electron chi connectivity index (χ0n) is 18.0. The number of methoxy groups -OCH3 is 1. The Morgan fingerprint density at radius 1 is 1.23 bits per heavy atom. The van der Waals surface area contributed by atoms with Gasteiger partial charge in [-0.05, 0) is 26.0 Å². The van der Waals surface area contributed by atoms with Crippen LogP contribution >= 0.6 is 24.0 Å². The van der Waals surface area contributed by atoms with Crippen LogP contribution in [0.2, 0.25) is 0 Å². The molecule has 0 saturated heterocycles. The van der Waals surface area contributed by atoms with Crippen LogP contribution in [0.25, 0.3) is 0 Å². The fourth-order valence-electron chi connectivity index (χ4n) is 3.38. The average molecular weight is 526 g/mol. The molecule has 1 aromatic carbocycles. The standard InChI is InChI=1S/C22H30N4O3.HI/c1-22(2)14-18(17-9-5-6-10-19(17)29-22)26-21(23-3)25-15-16-8-7-11-24-20(16)28-13-12-27-4;/h5-11,18H,12-15H2,1-4H3,(H2,23,25,26);1H. The van der Waals surface area contributed by atoms with Gasteiger partial charge in [0.15, 0.2) is 5.96 Å². The fourth-order valence-corrected chi connectivity index (χ4v) is 3.38. The lowest BCUT2D eigenvalue weighted by molar-refractivity contribution is 0.0694. The molecule has 0 amide bonds. The molecule has 2 aromatic rings. The number of hydrogen-bond donors (Lipinski definition) is 2. The highest BCUT2D eigenvalue weighted by Crippen LogP contribution is 2.39. The lowest BCUT2D eigenvalue weighted by atomic mass is 9.90. The third-order valence-electron chi connectivity index (χ3n) is 4.73. The number of rotatable bonds is 7. The first kappa shape index (κ1) is 24.2. The van der Waals surface area contributed by atoms with Gasteiger partial charge in [-0.1, -0.05) is 24.3 Å². The predicted octanol–water partition coefficient (Wildman–Crippen LogP) is 3.69. The van der Waals surface area contributed by atoms with Crippen molar-refractivity contribution in [2.24, 2.45) is 4.99 Å². The Kier molecular flexibility index (Phi) is 9.16. The van der Waals surface area contributed by atoms with E-state index >= 15 is 0 Å². The van der Waals surface area contributed by atoms with Crippen LogP contribution in [0.3, 0.4) is 0 Å². The third kappa shape index (κ3) is 6.46. The van der Waals surface area contributed by atoms with Crippen molar-refractivity contribution < 1.29 is 14.2 Å². The van der Waals surface area contributed by atoms with E-state index in [2.05, 4.69) is 40.5 Å². The number of pyridine rings is 1. The Labute approximate surface area is 195 Å². The van der Waals surface area contributed by atoms with E-state index in [1.807, 2.05) is 30.3 Å². The van der Waals surface area contributed by atoms with E-state index in [1.54, 1.807) is 20.4 Å². The lowest BCUT2D eigenvalue weighted by Gasteiger charge is -2.38. The summed E-state index contributed by atoms with van der Waals surface area (Å²) >= 11 is 0. The molecule has 30 heavy (non-hydrogen) atoms. The Balaban J connectivity index is 0.00000320. The Morgan fingerprint density at radius 3 is 2.80 bits per heavy atom. The summed E-state index contributed by atoms with van der Waals surface area (Å²) < 4.78 is 16.9. The highest BCUT2D eigenvalue weighted by molar-refractivity contribution is 14.0. The predicted molar refractivity (Wildman–Crippen MR) is 129 cm³/mol. The molecule has 1 aromatic heterocycles. The maximum atomic E-state index is 6.12. The average Bonchev–Trinajstić information content (AvgIpc) is 2.71. The van der Waals surface area contributed by atoms with Crippen LogP contribution < -0.4 is 20.1 Å². The second-order valence-corrected chi connectivity index (χ2v) is 7.54. The Hall–Kier alpha value is -2.07. The molecule has 1 unspecified atom stereocenters. The second kappa shape index (κ2) is 11.4. The van der Waals surface area contributed by atoms with Crippen LogP contribution in [-0.2, 0) is 11.3 Å². The van der Waals surface area contributed by atoms with Crippen molar-refractivity contribution >= 4 is 29.9 Å². The first-order chi connectivity index (χ1) is 14.0.